The fraction of sp³-hybridized carbons (Fsp3) is 0.533. The van der Waals surface area contributed by atoms with Crippen molar-refractivity contribution >= 4 is 5.97 Å². The Morgan fingerprint density at radius 2 is 2.00 bits per heavy atom. The van der Waals surface area contributed by atoms with E-state index in [9.17, 15) is 4.79 Å². The molecule has 1 fully saturated rings. The molecule has 0 saturated carbocycles. The van der Waals surface area contributed by atoms with Crippen molar-refractivity contribution < 1.29 is 9.53 Å². The lowest BCUT2D eigenvalue weighted by molar-refractivity contribution is -0.143. The summed E-state index contributed by atoms with van der Waals surface area (Å²) in [5, 5.41) is 3.30. The molecule has 0 bridgehead atoms. The van der Waals surface area contributed by atoms with Crippen LogP contribution in [0.4, 0.5) is 0 Å². The molecule has 0 spiro atoms. The first-order valence-electron chi connectivity index (χ1n) is 6.90. The van der Waals surface area contributed by atoms with E-state index < -0.39 is 0 Å². The number of nitrogens with zero attached hydrogens (tertiary/aromatic N) is 1. The molecule has 4 nitrogen and oxygen atoms in total. The first kappa shape index (κ1) is 14.0. The van der Waals surface area contributed by atoms with Crippen LogP contribution in [0.15, 0.2) is 30.3 Å². The van der Waals surface area contributed by atoms with Crippen LogP contribution in [0.3, 0.4) is 0 Å². The van der Waals surface area contributed by atoms with Crippen LogP contribution in [0.2, 0.25) is 0 Å². The third kappa shape index (κ3) is 4.04. The summed E-state index contributed by atoms with van der Waals surface area (Å²) in [7, 11) is 1.43. The molecule has 4 heteroatoms. The molecule has 1 saturated heterocycles. The van der Waals surface area contributed by atoms with Gasteiger partial charge in [0.15, 0.2) is 0 Å². The molecule has 0 aromatic heterocycles. The Hall–Kier alpha value is -1.39. The molecule has 1 aromatic carbocycles. The summed E-state index contributed by atoms with van der Waals surface area (Å²) in [5.41, 5.74) is 0.954. The van der Waals surface area contributed by atoms with Crippen LogP contribution in [-0.4, -0.2) is 44.2 Å². The van der Waals surface area contributed by atoms with Crippen LogP contribution in [0.25, 0.3) is 0 Å². The minimum atomic E-state index is -0.367. The lowest BCUT2D eigenvalue weighted by Gasteiger charge is -2.19. The summed E-state index contributed by atoms with van der Waals surface area (Å²) in [5.74, 6) is -0.229. The Balaban J connectivity index is 1.89. The van der Waals surface area contributed by atoms with Gasteiger partial charge in [-0.15, -0.1) is 0 Å². The quantitative estimate of drug-likeness (QED) is 0.790. The number of hydrogen-bond donors (Lipinski definition) is 1. The van der Waals surface area contributed by atoms with Gasteiger partial charge in [0.2, 0.25) is 0 Å². The molecule has 1 aliphatic rings. The zero-order valence-electron chi connectivity index (χ0n) is 11.5. The Morgan fingerprint density at radius 3 is 2.63 bits per heavy atom. The monoisotopic (exact) mass is 262 g/mol. The van der Waals surface area contributed by atoms with Crippen molar-refractivity contribution in [1.82, 2.24) is 10.2 Å². The maximum Gasteiger partial charge on any atom is 0.327 e. The van der Waals surface area contributed by atoms with Gasteiger partial charge in [0.05, 0.1) is 7.11 Å². The van der Waals surface area contributed by atoms with Crippen molar-refractivity contribution in [2.45, 2.75) is 18.9 Å². The van der Waals surface area contributed by atoms with Gasteiger partial charge < -0.3 is 9.64 Å². The van der Waals surface area contributed by atoms with Crippen LogP contribution < -0.4 is 5.32 Å². The first-order chi connectivity index (χ1) is 9.31. The number of carbonyl (C=O) groups is 1. The highest BCUT2D eigenvalue weighted by Crippen LogP contribution is 2.14. The van der Waals surface area contributed by atoms with E-state index in [1.165, 1.54) is 33.0 Å². The SMILES string of the molecule is COC(=O)C(NCCN1CCCC1)c1ccccc1. The van der Waals surface area contributed by atoms with E-state index in [1.807, 2.05) is 30.3 Å². The Labute approximate surface area is 114 Å². The van der Waals surface area contributed by atoms with E-state index in [-0.39, 0.29) is 12.0 Å². The number of esters is 1. The zero-order valence-corrected chi connectivity index (χ0v) is 11.5. The number of ether oxygens (including phenoxy) is 1. The highest BCUT2D eigenvalue weighted by Gasteiger charge is 2.20. The number of benzene rings is 1. The van der Waals surface area contributed by atoms with Crippen molar-refractivity contribution in [2.75, 3.05) is 33.3 Å². The minimum absolute atomic E-state index is 0.229. The van der Waals surface area contributed by atoms with Gasteiger partial charge in [-0.05, 0) is 31.5 Å². The van der Waals surface area contributed by atoms with Crippen LogP contribution in [0.1, 0.15) is 24.4 Å². The molecule has 1 aliphatic heterocycles. The average molecular weight is 262 g/mol. The van der Waals surface area contributed by atoms with E-state index in [0.717, 1.165) is 18.7 Å². The third-order valence-electron chi connectivity index (χ3n) is 3.54. The van der Waals surface area contributed by atoms with Gasteiger partial charge in [-0.1, -0.05) is 30.3 Å². The number of nitrogens with one attached hydrogen (secondary N) is 1. The van der Waals surface area contributed by atoms with Crippen molar-refractivity contribution in [3.63, 3.8) is 0 Å². The van der Waals surface area contributed by atoms with Crippen molar-refractivity contribution in [1.29, 1.82) is 0 Å². The zero-order chi connectivity index (χ0) is 13.5. The minimum Gasteiger partial charge on any atom is -0.468 e. The topological polar surface area (TPSA) is 41.6 Å². The summed E-state index contributed by atoms with van der Waals surface area (Å²) in [6, 6.07) is 9.35. The van der Waals surface area contributed by atoms with Crippen LogP contribution in [0.5, 0.6) is 0 Å². The largest absolute Gasteiger partial charge is 0.468 e. The smallest absolute Gasteiger partial charge is 0.327 e. The number of likely N-dealkylation sites (tertiary alicyclic amines) is 1. The average Bonchev–Trinajstić information content (AvgIpc) is 2.97. The van der Waals surface area contributed by atoms with E-state index in [2.05, 4.69) is 10.2 Å². The van der Waals surface area contributed by atoms with Crippen LogP contribution >= 0.6 is 0 Å². The number of methoxy groups -OCH3 is 1. The second-order valence-corrected chi connectivity index (χ2v) is 4.87. The Kier molecular flexibility index (Phi) is 5.36. The second-order valence-electron chi connectivity index (χ2n) is 4.87. The van der Waals surface area contributed by atoms with Crippen molar-refractivity contribution in [2.24, 2.45) is 0 Å². The first-order valence-corrected chi connectivity index (χ1v) is 6.90. The molecule has 104 valence electrons. The highest BCUT2D eigenvalue weighted by molar-refractivity contribution is 5.77. The molecular formula is C15H22N2O2. The van der Waals surface area contributed by atoms with Gasteiger partial charge in [0.1, 0.15) is 6.04 Å². The molecule has 1 aromatic rings. The molecule has 1 unspecified atom stereocenters. The normalized spacial score (nSPS) is 17.3. The number of hydrogen-bond acceptors (Lipinski definition) is 4. The van der Waals surface area contributed by atoms with Crippen LogP contribution in [0, 0.1) is 0 Å². The van der Waals surface area contributed by atoms with E-state index >= 15 is 0 Å². The van der Waals surface area contributed by atoms with Crippen molar-refractivity contribution in [3.05, 3.63) is 35.9 Å². The lowest BCUT2D eigenvalue weighted by Crippen LogP contribution is -2.35. The standard InChI is InChI=1S/C15H22N2O2/c1-19-15(18)14(13-7-3-2-4-8-13)16-9-12-17-10-5-6-11-17/h2-4,7-8,14,16H,5-6,9-12H2,1H3. The van der Waals surface area contributed by atoms with Gasteiger partial charge in [-0.3, -0.25) is 5.32 Å². The van der Waals surface area contributed by atoms with E-state index in [4.69, 9.17) is 4.74 Å². The van der Waals surface area contributed by atoms with Crippen molar-refractivity contribution in [3.8, 4) is 0 Å². The summed E-state index contributed by atoms with van der Waals surface area (Å²) in [6.07, 6.45) is 2.58. The summed E-state index contributed by atoms with van der Waals surface area (Å²) >= 11 is 0. The van der Waals surface area contributed by atoms with E-state index in [1.54, 1.807) is 0 Å². The summed E-state index contributed by atoms with van der Waals surface area (Å²) in [6.45, 7) is 4.14. The molecule has 1 heterocycles. The molecule has 0 amide bonds. The molecule has 0 aliphatic carbocycles. The van der Waals surface area contributed by atoms with Gasteiger partial charge in [-0.25, -0.2) is 4.79 Å². The maximum atomic E-state index is 11.8. The van der Waals surface area contributed by atoms with Gasteiger partial charge in [0, 0.05) is 13.1 Å². The fourth-order valence-corrected chi connectivity index (χ4v) is 2.47. The number of rotatable bonds is 6. The van der Waals surface area contributed by atoms with Gasteiger partial charge >= 0.3 is 5.97 Å². The van der Waals surface area contributed by atoms with Gasteiger partial charge in [-0.2, -0.15) is 0 Å². The van der Waals surface area contributed by atoms with E-state index in [0.29, 0.717) is 0 Å². The second kappa shape index (κ2) is 7.26. The number of carbonyl (C=O) groups excluding carboxylic acids is 1. The molecule has 0 radical (unpaired) electrons. The molecule has 1 N–H and O–H groups in total. The fourth-order valence-electron chi connectivity index (χ4n) is 2.47. The van der Waals surface area contributed by atoms with Crippen LogP contribution in [-0.2, 0) is 9.53 Å². The summed E-state index contributed by atoms with van der Waals surface area (Å²) < 4.78 is 4.87. The highest BCUT2D eigenvalue weighted by atomic mass is 16.5. The molecular weight excluding hydrogens is 240 g/mol. The Bertz CT molecular complexity index is 388. The molecule has 1 atom stereocenters. The predicted molar refractivity (Wildman–Crippen MR) is 74.9 cm³/mol. The summed E-state index contributed by atoms with van der Waals surface area (Å²) in [4.78, 5) is 14.3. The molecule has 19 heavy (non-hydrogen) atoms. The Morgan fingerprint density at radius 1 is 1.32 bits per heavy atom. The predicted octanol–water partition coefficient (Wildman–Crippen LogP) is 1.59. The lowest BCUT2D eigenvalue weighted by atomic mass is 10.1. The maximum absolute atomic E-state index is 11.8. The molecule has 2 rings (SSSR count). The van der Waals surface area contributed by atoms with Gasteiger partial charge in [0.25, 0.3) is 0 Å². The third-order valence-corrected chi connectivity index (χ3v) is 3.54.